The Balaban J connectivity index is 1.57. The Bertz CT molecular complexity index is 1230. The zero-order chi connectivity index (χ0) is 23.7. The van der Waals surface area contributed by atoms with Gasteiger partial charge in [0.25, 0.3) is 0 Å². The summed E-state index contributed by atoms with van der Waals surface area (Å²) < 4.78 is 77.0. The molecule has 0 amide bonds. The lowest BCUT2D eigenvalue weighted by Crippen LogP contribution is -2.08. The normalized spacial score (nSPS) is 16.0. The molecule has 4 rings (SSSR count). The monoisotopic (exact) mass is 458 g/mol. The summed E-state index contributed by atoms with van der Waals surface area (Å²) in [5.74, 6) is -4.77. The average Bonchev–Trinajstić information content (AvgIpc) is 2.81. The summed E-state index contributed by atoms with van der Waals surface area (Å²) in [7, 11) is 0. The highest BCUT2D eigenvalue weighted by Crippen LogP contribution is 2.39. The number of ether oxygens (including phenoxy) is 1. The molecule has 3 aromatic carbocycles. The van der Waals surface area contributed by atoms with E-state index in [4.69, 9.17) is 4.74 Å². The van der Waals surface area contributed by atoms with Gasteiger partial charge in [0, 0.05) is 11.1 Å². The summed E-state index contributed by atoms with van der Waals surface area (Å²) in [5, 5.41) is 0. The Kier molecular flexibility index (Phi) is 6.54. The van der Waals surface area contributed by atoms with Crippen LogP contribution in [0.15, 0.2) is 48.5 Å². The maximum absolute atomic E-state index is 15.0. The van der Waals surface area contributed by atoms with Gasteiger partial charge in [-0.25, -0.2) is 17.6 Å². The van der Waals surface area contributed by atoms with Gasteiger partial charge in [0.2, 0.25) is 5.82 Å². The minimum absolute atomic E-state index is 0.0518. The van der Waals surface area contributed by atoms with Gasteiger partial charge in [-0.2, -0.15) is 4.39 Å². The minimum atomic E-state index is -1.11. The van der Waals surface area contributed by atoms with Crippen LogP contribution >= 0.6 is 0 Å². The molecule has 1 aliphatic rings. The zero-order valence-electron chi connectivity index (χ0n) is 18.3. The molecule has 0 aromatic heterocycles. The van der Waals surface area contributed by atoms with Crippen LogP contribution in [-0.4, -0.2) is 6.61 Å². The number of halogens is 5. The highest BCUT2D eigenvalue weighted by Gasteiger charge is 2.23. The Morgan fingerprint density at radius 2 is 1.58 bits per heavy atom. The second kappa shape index (κ2) is 9.38. The third-order valence-corrected chi connectivity index (χ3v) is 6.13. The van der Waals surface area contributed by atoms with Crippen molar-refractivity contribution in [1.82, 2.24) is 0 Å². The molecular weight excluding hydrogens is 435 g/mol. The predicted octanol–water partition coefficient (Wildman–Crippen LogP) is 8.11. The van der Waals surface area contributed by atoms with Gasteiger partial charge in [0.1, 0.15) is 5.82 Å². The second-order valence-electron chi connectivity index (χ2n) is 8.17. The van der Waals surface area contributed by atoms with Crippen LogP contribution < -0.4 is 4.74 Å². The van der Waals surface area contributed by atoms with Crippen LogP contribution in [0.4, 0.5) is 22.0 Å². The number of aryl methyl sites for hydroxylation is 1. The van der Waals surface area contributed by atoms with E-state index in [-0.39, 0.29) is 40.5 Å². The fraction of sp³-hybridized carbons (Fsp3) is 0.259. The summed E-state index contributed by atoms with van der Waals surface area (Å²) >= 11 is 0. The standard InChI is InChI=1S/C27H23F5O/c1-3-33-23-13-12-21(26(31)27(23)32)18-9-11-19(22(28)14-18)16-5-7-17(8-6-16)20-10-4-15(2)24(29)25(20)30/h4,7,9-14,16H,3,5-6,8H2,1-2H3. The quantitative estimate of drug-likeness (QED) is 0.351. The zero-order valence-corrected chi connectivity index (χ0v) is 18.3. The van der Waals surface area contributed by atoms with Gasteiger partial charge >= 0.3 is 0 Å². The predicted molar refractivity (Wildman–Crippen MR) is 119 cm³/mol. The average molecular weight is 458 g/mol. The second-order valence-corrected chi connectivity index (χ2v) is 8.17. The van der Waals surface area contributed by atoms with Crippen molar-refractivity contribution in [2.75, 3.05) is 6.61 Å². The first kappa shape index (κ1) is 23.0. The molecule has 0 spiro atoms. The van der Waals surface area contributed by atoms with Crippen molar-refractivity contribution in [3.8, 4) is 16.9 Å². The summed E-state index contributed by atoms with van der Waals surface area (Å²) in [6.07, 6.45) is 3.32. The van der Waals surface area contributed by atoms with Crippen molar-refractivity contribution in [2.24, 2.45) is 0 Å². The van der Waals surface area contributed by atoms with E-state index in [2.05, 4.69) is 0 Å². The van der Waals surface area contributed by atoms with E-state index in [1.54, 1.807) is 31.2 Å². The van der Waals surface area contributed by atoms with Gasteiger partial charge in [0.05, 0.1) is 6.61 Å². The van der Waals surface area contributed by atoms with Crippen molar-refractivity contribution in [3.05, 3.63) is 94.3 Å². The van der Waals surface area contributed by atoms with E-state index >= 15 is 0 Å². The Hall–Kier alpha value is -3.15. The van der Waals surface area contributed by atoms with Crippen LogP contribution in [0.2, 0.25) is 0 Å². The van der Waals surface area contributed by atoms with Crippen LogP contribution in [0.3, 0.4) is 0 Å². The van der Waals surface area contributed by atoms with Crippen LogP contribution in [0.1, 0.15) is 48.8 Å². The number of allylic oxidation sites excluding steroid dienone is 2. The summed E-state index contributed by atoms with van der Waals surface area (Å²) in [5.41, 5.74) is 1.81. The smallest absolute Gasteiger partial charge is 0.201 e. The first-order chi connectivity index (χ1) is 15.8. The van der Waals surface area contributed by atoms with Crippen LogP contribution in [0.5, 0.6) is 5.75 Å². The largest absolute Gasteiger partial charge is 0.491 e. The van der Waals surface area contributed by atoms with Gasteiger partial charge in [-0.3, -0.25) is 0 Å². The Morgan fingerprint density at radius 3 is 2.24 bits per heavy atom. The maximum atomic E-state index is 15.0. The van der Waals surface area contributed by atoms with E-state index in [0.717, 1.165) is 0 Å². The molecule has 1 aliphatic carbocycles. The number of benzene rings is 3. The van der Waals surface area contributed by atoms with E-state index in [0.29, 0.717) is 30.4 Å². The third-order valence-electron chi connectivity index (χ3n) is 6.13. The van der Waals surface area contributed by atoms with E-state index in [1.807, 2.05) is 6.08 Å². The highest BCUT2D eigenvalue weighted by molar-refractivity contribution is 5.68. The van der Waals surface area contributed by atoms with Crippen molar-refractivity contribution in [2.45, 2.75) is 39.0 Å². The van der Waals surface area contributed by atoms with Crippen molar-refractivity contribution in [3.63, 3.8) is 0 Å². The molecule has 0 saturated heterocycles. The highest BCUT2D eigenvalue weighted by atomic mass is 19.2. The number of rotatable bonds is 5. The van der Waals surface area contributed by atoms with E-state index < -0.39 is 29.1 Å². The molecule has 1 unspecified atom stereocenters. The van der Waals surface area contributed by atoms with Gasteiger partial charge in [-0.15, -0.1) is 0 Å². The SMILES string of the molecule is CCOc1ccc(-c2ccc(C3CC=C(c4ccc(C)c(F)c4F)CC3)c(F)c2)c(F)c1F. The lowest BCUT2D eigenvalue weighted by Gasteiger charge is -2.24. The topological polar surface area (TPSA) is 9.23 Å². The summed E-state index contributed by atoms with van der Waals surface area (Å²) in [6.45, 7) is 3.37. The van der Waals surface area contributed by atoms with Gasteiger partial charge in [-0.1, -0.05) is 30.3 Å². The van der Waals surface area contributed by atoms with Crippen LogP contribution in [0, 0.1) is 36.0 Å². The van der Waals surface area contributed by atoms with Gasteiger partial charge in [-0.05, 0) is 79.5 Å². The molecule has 1 nitrogen and oxygen atoms in total. The molecule has 0 aliphatic heterocycles. The van der Waals surface area contributed by atoms with E-state index in [9.17, 15) is 22.0 Å². The molecule has 0 heterocycles. The molecule has 3 aromatic rings. The number of hydrogen-bond acceptors (Lipinski definition) is 1. The van der Waals surface area contributed by atoms with E-state index in [1.165, 1.54) is 25.1 Å². The molecule has 33 heavy (non-hydrogen) atoms. The Morgan fingerprint density at radius 1 is 0.848 bits per heavy atom. The molecule has 0 saturated carbocycles. The van der Waals surface area contributed by atoms with Crippen molar-refractivity contribution >= 4 is 5.57 Å². The van der Waals surface area contributed by atoms with Gasteiger partial charge < -0.3 is 4.74 Å². The van der Waals surface area contributed by atoms with Crippen molar-refractivity contribution < 1.29 is 26.7 Å². The first-order valence-corrected chi connectivity index (χ1v) is 10.9. The fourth-order valence-electron chi connectivity index (χ4n) is 4.30. The molecule has 0 bridgehead atoms. The molecule has 0 fully saturated rings. The lowest BCUT2D eigenvalue weighted by atomic mass is 9.82. The van der Waals surface area contributed by atoms with Gasteiger partial charge in [0.15, 0.2) is 23.2 Å². The lowest BCUT2D eigenvalue weighted by molar-refractivity contribution is 0.314. The van der Waals surface area contributed by atoms with Crippen LogP contribution in [-0.2, 0) is 0 Å². The van der Waals surface area contributed by atoms with Crippen molar-refractivity contribution in [1.29, 1.82) is 0 Å². The fourth-order valence-corrected chi connectivity index (χ4v) is 4.30. The third kappa shape index (κ3) is 4.39. The van der Waals surface area contributed by atoms with Crippen LogP contribution in [0.25, 0.3) is 16.7 Å². The number of hydrogen-bond donors (Lipinski definition) is 0. The minimum Gasteiger partial charge on any atom is -0.491 e. The summed E-state index contributed by atoms with van der Waals surface area (Å²) in [4.78, 5) is 0. The Labute approximate surface area is 189 Å². The summed E-state index contributed by atoms with van der Waals surface area (Å²) in [6, 6.07) is 10.1. The molecule has 6 heteroatoms. The molecule has 0 radical (unpaired) electrons. The molecule has 172 valence electrons. The molecule has 0 N–H and O–H groups in total. The molecular formula is C27H23F5O. The molecule has 1 atom stereocenters. The first-order valence-electron chi connectivity index (χ1n) is 10.9. The maximum Gasteiger partial charge on any atom is 0.201 e.